The van der Waals surface area contributed by atoms with Crippen molar-refractivity contribution in [2.45, 2.75) is 19.9 Å². The van der Waals surface area contributed by atoms with Gasteiger partial charge in [-0.2, -0.15) is 4.98 Å². The fraction of sp³-hybridized carbons (Fsp3) is 0.647. The molecule has 2 aliphatic heterocycles. The molecule has 4 heterocycles. The Morgan fingerprint density at radius 1 is 0.962 bits per heavy atom. The number of aryl methyl sites for hydroxylation is 1. The first-order valence-corrected chi connectivity index (χ1v) is 9.14. The zero-order chi connectivity index (χ0) is 17.9. The van der Waals surface area contributed by atoms with Gasteiger partial charge in [0.1, 0.15) is 18.0 Å². The van der Waals surface area contributed by atoms with E-state index in [1.54, 1.807) is 6.33 Å². The van der Waals surface area contributed by atoms with Crippen LogP contribution >= 0.6 is 0 Å². The van der Waals surface area contributed by atoms with Crippen molar-refractivity contribution in [1.29, 1.82) is 0 Å². The van der Waals surface area contributed by atoms with Crippen molar-refractivity contribution in [3.05, 3.63) is 24.1 Å². The Balaban J connectivity index is 1.38. The van der Waals surface area contributed by atoms with Gasteiger partial charge < -0.3 is 19.1 Å². The first kappa shape index (κ1) is 17.2. The molecule has 0 N–H and O–H groups in total. The SMILES string of the molecule is Cc1noc(C(C)N2CCN(c3cc(N4CCOCC4)ncn3)CC2)n1. The molecule has 0 aliphatic carbocycles. The molecule has 140 valence electrons. The van der Waals surface area contributed by atoms with Gasteiger partial charge in [-0.05, 0) is 13.8 Å². The zero-order valence-electron chi connectivity index (χ0n) is 15.3. The van der Waals surface area contributed by atoms with E-state index in [4.69, 9.17) is 9.26 Å². The van der Waals surface area contributed by atoms with Crippen molar-refractivity contribution in [2.75, 3.05) is 62.3 Å². The van der Waals surface area contributed by atoms with Crippen LogP contribution in [0.3, 0.4) is 0 Å². The number of piperazine rings is 1. The second kappa shape index (κ2) is 7.55. The number of rotatable bonds is 4. The summed E-state index contributed by atoms with van der Waals surface area (Å²) in [4.78, 5) is 20.2. The Labute approximate surface area is 153 Å². The van der Waals surface area contributed by atoms with Crippen LogP contribution in [0.15, 0.2) is 16.9 Å². The molecule has 1 unspecified atom stereocenters. The number of aromatic nitrogens is 4. The highest BCUT2D eigenvalue weighted by molar-refractivity contribution is 5.50. The maximum Gasteiger partial charge on any atom is 0.243 e. The first-order chi connectivity index (χ1) is 12.7. The summed E-state index contributed by atoms with van der Waals surface area (Å²) in [7, 11) is 0. The van der Waals surface area contributed by atoms with E-state index in [0.717, 1.165) is 64.1 Å². The molecule has 0 radical (unpaired) electrons. The van der Waals surface area contributed by atoms with E-state index in [-0.39, 0.29) is 6.04 Å². The number of morpholine rings is 1. The topological polar surface area (TPSA) is 83.7 Å². The molecule has 2 saturated heterocycles. The van der Waals surface area contributed by atoms with E-state index in [1.165, 1.54) is 0 Å². The number of anilines is 2. The van der Waals surface area contributed by atoms with Gasteiger partial charge in [-0.25, -0.2) is 9.97 Å². The molecule has 4 rings (SSSR count). The highest BCUT2D eigenvalue weighted by Crippen LogP contribution is 2.23. The van der Waals surface area contributed by atoms with Gasteiger partial charge in [0.25, 0.3) is 0 Å². The van der Waals surface area contributed by atoms with Gasteiger partial charge in [-0.1, -0.05) is 5.16 Å². The standard InChI is InChI=1S/C17H25N7O2/c1-13(17-20-14(2)21-26-17)22-3-5-23(6-4-22)15-11-16(19-12-18-15)24-7-9-25-10-8-24/h11-13H,3-10H2,1-2H3. The molecule has 1 atom stereocenters. The summed E-state index contributed by atoms with van der Waals surface area (Å²) in [5.74, 6) is 3.34. The molecule has 9 nitrogen and oxygen atoms in total. The van der Waals surface area contributed by atoms with Crippen molar-refractivity contribution < 1.29 is 9.26 Å². The average Bonchev–Trinajstić information content (AvgIpc) is 3.15. The summed E-state index contributed by atoms with van der Waals surface area (Å²) in [6.45, 7) is 10.9. The maximum atomic E-state index is 5.42. The number of ether oxygens (including phenoxy) is 1. The molecular weight excluding hydrogens is 334 g/mol. The minimum atomic E-state index is 0.132. The van der Waals surface area contributed by atoms with Crippen LogP contribution in [0.4, 0.5) is 11.6 Å². The minimum Gasteiger partial charge on any atom is -0.378 e. The number of hydrogen-bond donors (Lipinski definition) is 0. The second-order valence-corrected chi connectivity index (χ2v) is 6.71. The van der Waals surface area contributed by atoms with Crippen molar-refractivity contribution in [2.24, 2.45) is 0 Å². The monoisotopic (exact) mass is 359 g/mol. The van der Waals surface area contributed by atoms with Crippen molar-refractivity contribution in [1.82, 2.24) is 25.0 Å². The van der Waals surface area contributed by atoms with Gasteiger partial charge in [-0.3, -0.25) is 4.90 Å². The fourth-order valence-corrected chi connectivity index (χ4v) is 3.45. The van der Waals surface area contributed by atoms with Crippen molar-refractivity contribution >= 4 is 11.6 Å². The van der Waals surface area contributed by atoms with E-state index < -0.39 is 0 Å². The van der Waals surface area contributed by atoms with Crippen LogP contribution in [-0.2, 0) is 4.74 Å². The van der Waals surface area contributed by atoms with Gasteiger partial charge in [0.2, 0.25) is 5.89 Å². The van der Waals surface area contributed by atoms with Crippen LogP contribution in [0.25, 0.3) is 0 Å². The average molecular weight is 359 g/mol. The lowest BCUT2D eigenvalue weighted by molar-refractivity contribution is 0.122. The van der Waals surface area contributed by atoms with Crippen LogP contribution in [0.1, 0.15) is 24.7 Å². The summed E-state index contributed by atoms with van der Waals surface area (Å²) in [6.07, 6.45) is 1.66. The molecule has 0 spiro atoms. The summed E-state index contributed by atoms with van der Waals surface area (Å²) in [6, 6.07) is 2.22. The zero-order valence-corrected chi connectivity index (χ0v) is 15.3. The van der Waals surface area contributed by atoms with E-state index in [2.05, 4.69) is 47.8 Å². The Bertz CT molecular complexity index is 723. The molecule has 2 fully saturated rings. The smallest absolute Gasteiger partial charge is 0.243 e. The van der Waals surface area contributed by atoms with Gasteiger partial charge in [-0.15, -0.1) is 0 Å². The van der Waals surface area contributed by atoms with Crippen LogP contribution in [0.2, 0.25) is 0 Å². The normalized spacial score (nSPS) is 20.4. The molecule has 9 heteroatoms. The molecular formula is C17H25N7O2. The van der Waals surface area contributed by atoms with Gasteiger partial charge >= 0.3 is 0 Å². The lowest BCUT2D eigenvalue weighted by Gasteiger charge is -2.37. The molecule has 0 amide bonds. The van der Waals surface area contributed by atoms with Crippen LogP contribution in [0.5, 0.6) is 0 Å². The Morgan fingerprint density at radius 2 is 1.62 bits per heavy atom. The predicted octanol–water partition coefficient (Wildman–Crippen LogP) is 0.888. The number of nitrogens with zero attached hydrogens (tertiary/aromatic N) is 7. The van der Waals surface area contributed by atoms with Crippen molar-refractivity contribution in [3.8, 4) is 0 Å². The molecule has 0 bridgehead atoms. The summed E-state index contributed by atoms with van der Waals surface area (Å²) >= 11 is 0. The van der Waals surface area contributed by atoms with Crippen LogP contribution in [-0.4, -0.2) is 77.5 Å². The molecule has 2 aliphatic rings. The van der Waals surface area contributed by atoms with Crippen LogP contribution in [0, 0.1) is 6.92 Å². The molecule has 2 aromatic rings. The van der Waals surface area contributed by atoms with E-state index in [0.29, 0.717) is 11.7 Å². The third-order valence-corrected chi connectivity index (χ3v) is 5.06. The Kier molecular flexibility index (Phi) is 4.98. The van der Waals surface area contributed by atoms with Crippen molar-refractivity contribution in [3.63, 3.8) is 0 Å². The Morgan fingerprint density at radius 3 is 2.23 bits per heavy atom. The highest BCUT2D eigenvalue weighted by Gasteiger charge is 2.26. The number of hydrogen-bond acceptors (Lipinski definition) is 9. The lowest BCUT2D eigenvalue weighted by atomic mass is 10.2. The molecule has 0 saturated carbocycles. The quantitative estimate of drug-likeness (QED) is 0.790. The molecule has 2 aromatic heterocycles. The Hall–Kier alpha value is -2.26. The van der Waals surface area contributed by atoms with E-state index in [9.17, 15) is 0 Å². The predicted molar refractivity (Wildman–Crippen MR) is 96.3 cm³/mol. The van der Waals surface area contributed by atoms with E-state index in [1.807, 2.05) is 6.92 Å². The molecule has 26 heavy (non-hydrogen) atoms. The van der Waals surface area contributed by atoms with Crippen LogP contribution < -0.4 is 9.80 Å². The van der Waals surface area contributed by atoms with E-state index >= 15 is 0 Å². The largest absolute Gasteiger partial charge is 0.378 e. The summed E-state index contributed by atoms with van der Waals surface area (Å²) in [5.41, 5.74) is 0. The van der Waals surface area contributed by atoms with Gasteiger partial charge in [0.05, 0.1) is 19.3 Å². The fourth-order valence-electron chi connectivity index (χ4n) is 3.45. The van der Waals surface area contributed by atoms with Gasteiger partial charge in [0.15, 0.2) is 5.82 Å². The summed E-state index contributed by atoms with van der Waals surface area (Å²) in [5, 5.41) is 3.90. The summed E-state index contributed by atoms with van der Waals surface area (Å²) < 4.78 is 10.7. The van der Waals surface area contributed by atoms with Gasteiger partial charge in [0, 0.05) is 45.3 Å². The maximum absolute atomic E-state index is 5.42. The molecule has 0 aromatic carbocycles. The third-order valence-electron chi connectivity index (χ3n) is 5.06. The third kappa shape index (κ3) is 3.63. The first-order valence-electron chi connectivity index (χ1n) is 9.14. The minimum absolute atomic E-state index is 0.132. The highest BCUT2D eigenvalue weighted by atomic mass is 16.5. The second-order valence-electron chi connectivity index (χ2n) is 6.71. The lowest BCUT2D eigenvalue weighted by Crippen LogP contribution is -2.47.